The molecule has 0 bridgehead atoms. The summed E-state index contributed by atoms with van der Waals surface area (Å²) in [5.41, 5.74) is 3.38. The number of amides is 1. The molecule has 0 saturated carbocycles. The van der Waals surface area contributed by atoms with Crippen molar-refractivity contribution in [1.82, 2.24) is 0 Å². The molecule has 2 aliphatic heterocycles. The quantitative estimate of drug-likeness (QED) is 0.303. The number of nitrogens with zero attached hydrogens (tertiary/aromatic N) is 2. The van der Waals surface area contributed by atoms with Gasteiger partial charge in [-0.3, -0.25) is 14.5 Å². The van der Waals surface area contributed by atoms with Crippen molar-refractivity contribution in [2.24, 2.45) is 0 Å². The van der Waals surface area contributed by atoms with Gasteiger partial charge in [-0.2, -0.15) is 0 Å². The Labute approximate surface area is 209 Å². The van der Waals surface area contributed by atoms with Gasteiger partial charge in [-0.1, -0.05) is 23.8 Å². The second-order valence-electron chi connectivity index (χ2n) is 9.17. The van der Waals surface area contributed by atoms with E-state index < -0.39 is 17.7 Å². The lowest BCUT2D eigenvalue weighted by molar-refractivity contribution is -0.132. The Kier molecular flexibility index (Phi) is 6.14. The lowest BCUT2D eigenvalue weighted by Crippen LogP contribution is -2.29. The van der Waals surface area contributed by atoms with Crippen LogP contribution in [0.25, 0.3) is 5.76 Å². The first-order valence-corrected chi connectivity index (χ1v) is 12.0. The molecule has 2 aliphatic rings. The Bertz CT molecular complexity index is 1340. The number of phenols is 1. The van der Waals surface area contributed by atoms with Crippen molar-refractivity contribution in [3.63, 3.8) is 0 Å². The number of ketones is 1. The molecule has 1 amide bonds. The number of methoxy groups -OCH3 is 1. The minimum atomic E-state index is -0.881. The van der Waals surface area contributed by atoms with Crippen molar-refractivity contribution in [1.29, 1.82) is 0 Å². The van der Waals surface area contributed by atoms with Gasteiger partial charge in [0.15, 0.2) is 0 Å². The van der Waals surface area contributed by atoms with Crippen LogP contribution in [-0.4, -0.2) is 42.1 Å². The second kappa shape index (κ2) is 9.41. The highest BCUT2D eigenvalue weighted by Gasteiger charge is 2.47. The molecule has 36 heavy (non-hydrogen) atoms. The average molecular weight is 485 g/mol. The van der Waals surface area contributed by atoms with Crippen LogP contribution in [0.1, 0.15) is 35.6 Å². The average Bonchev–Trinajstić information content (AvgIpc) is 3.52. The van der Waals surface area contributed by atoms with E-state index >= 15 is 0 Å². The van der Waals surface area contributed by atoms with Crippen molar-refractivity contribution in [3.8, 4) is 11.5 Å². The lowest BCUT2D eigenvalue weighted by Gasteiger charge is -2.26. The number of Topliss-reactive ketones (excluding diaryl/α,β-unsaturated/α-hetero) is 1. The Morgan fingerprint density at radius 2 is 1.56 bits per heavy atom. The maximum Gasteiger partial charge on any atom is 0.300 e. The number of rotatable bonds is 5. The number of benzene rings is 3. The number of carbonyl (C=O) groups excluding carboxylic acids is 2. The number of hydrogen-bond acceptors (Lipinski definition) is 6. The topological polar surface area (TPSA) is 90.3 Å². The zero-order valence-electron chi connectivity index (χ0n) is 20.3. The smallest absolute Gasteiger partial charge is 0.300 e. The van der Waals surface area contributed by atoms with E-state index in [2.05, 4.69) is 4.90 Å². The molecule has 0 aromatic heterocycles. The highest BCUT2D eigenvalue weighted by molar-refractivity contribution is 6.51. The van der Waals surface area contributed by atoms with Gasteiger partial charge in [0.2, 0.25) is 0 Å². The van der Waals surface area contributed by atoms with Crippen molar-refractivity contribution in [3.05, 3.63) is 89.0 Å². The maximum absolute atomic E-state index is 13.4. The zero-order valence-corrected chi connectivity index (χ0v) is 20.3. The van der Waals surface area contributed by atoms with E-state index in [0.29, 0.717) is 22.6 Å². The summed E-state index contributed by atoms with van der Waals surface area (Å²) < 4.78 is 5.43. The number of aromatic hydroxyl groups is 1. The molecular formula is C29H28N2O5. The Hall–Kier alpha value is -4.26. The van der Waals surface area contributed by atoms with E-state index in [-0.39, 0.29) is 17.1 Å². The van der Waals surface area contributed by atoms with Crippen LogP contribution >= 0.6 is 0 Å². The molecule has 7 heteroatoms. The Morgan fingerprint density at radius 1 is 0.917 bits per heavy atom. The molecule has 3 aromatic rings. The monoisotopic (exact) mass is 484 g/mol. The van der Waals surface area contributed by atoms with Gasteiger partial charge in [0.05, 0.1) is 24.3 Å². The van der Waals surface area contributed by atoms with Crippen LogP contribution in [0.5, 0.6) is 11.5 Å². The number of ether oxygens (including phenoxy) is 1. The minimum Gasteiger partial charge on any atom is -0.508 e. The summed E-state index contributed by atoms with van der Waals surface area (Å²) in [6, 6.07) is 18.3. The number of aryl methyl sites for hydroxylation is 1. The van der Waals surface area contributed by atoms with Gasteiger partial charge in [-0.25, -0.2) is 0 Å². The summed E-state index contributed by atoms with van der Waals surface area (Å²) in [6.07, 6.45) is 2.30. The molecule has 3 aromatic carbocycles. The molecule has 1 unspecified atom stereocenters. The van der Waals surface area contributed by atoms with Gasteiger partial charge < -0.3 is 19.8 Å². The standard InChI is InChI=1S/C29H28N2O5/c1-18-5-14-24(36-2)23(17-18)27(33)25-26(19-6-12-22(32)13-7-19)31(29(35)28(25)34)21-10-8-20(9-11-21)30-15-3-4-16-30/h5-14,17,26,32-33H,3-4,15-16H2,1-2H3/b27-25+. The molecule has 2 heterocycles. The van der Waals surface area contributed by atoms with Gasteiger partial charge >= 0.3 is 0 Å². The van der Waals surface area contributed by atoms with Crippen LogP contribution < -0.4 is 14.5 Å². The zero-order chi connectivity index (χ0) is 25.4. The Balaban J connectivity index is 1.66. The predicted octanol–water partition coefficient (Wildman–Crippen LogP) is 4.94. The SMILES string of the molecule is COc1ccc(C)cc1/C(O)=C1\C(=O)C(=O)N(c2ccc(N3CCCC3)cc2)C1c1ccc(O)cc1. The molecule has 5 rings (SSSR count). The normalized spacial score (nSPS) is 19.2. The largest absolute Gasteiger partial charge is 0.508 e. The number of phenolic OH excluding ortho intramolecular Hbond substituents is 1. The fourth-order valence-electron chi connectivity index (χ4n) is 5.02. The number of aliphatic hydroxyl groups excluding tert-OH is 1. The molecule has 2 fully saturated rings. The van der Waals surface area contributed by atoms with Crippen molar-refractivity contribution < 1.29 is 24.5 Å². The van der Waals surface area contributed by atoms with Crippen LogP contribution in [0.15, 0.2) is 72.3 Å². The van der Waals surface area contributed by atoms with Gasteiger partial charge in [0.25, 0.3) is 11.7 Å². The van der Waals surface area contributed by atoms with Gasteiger partial charge in [-0.15, -0.1) is 0 Å². The first kappa shape index (κ1) is 23.5. The number of carbonyl (C=O) groups is 2. The number of aliphatic hydroxyl groups is 1. The van der Waals surface area contributed by atoms with Crippen LogP contribution in [0.3, 0.4) is 0 Å². The van der Waals surface area contributed by atoms with Gasteiger partial charge in [-0.05, 0) is 73.9 Å². The third-order valence-electron chi connectivity index (χ3n) is 6.86. The molecule has 2 N–H and O–H groups in total. The molecule has 1 atom stereocenters. The molecule has 0 aliphatic carbocycles. The van der Waals surface area contributed by atoms with Gasteiger partial charge in [0, 0.05) is 24.5 Å². The molecule has 7 nitrogen and oxygen atoms in total. The summed E-state index contributed by atoms with van der Waals surface area (Å²) >= 11 is 0. The fourth-order valence-corrected chi connectivity index (χ4v) is 5.02. The summed E-state index contributed by atoms with van der Waals surface area (Å²) in [7, 11) is 1.49. The lowest BCUT2D eigenvalue weighted by atomic mass is 9.94. The van der Waals surface area contributed by atoms with Crippen molar-refractivity contribution >= 4 is 28.8 Å². The third-order valence-corrected chi connectivity index (χ3v) is 6.86. The third kappa shape index (κ3) is 4.06. The fraction of sp³-hybridized carbons (Fsp3) is 0.241. The predicted molar refractivity (Wildman–Crippen MR) is 139 cm³/mol. The summed E-state index contributed by atoms with van der Waals surface area (Å²) in [4.78, 5) is 30.5. The van der Waals surface area contributed by atoms with E-state index in [0.717, 1.165) is 37.2 Å². The second-order valence-corrected chi connectivity index (χ2v) is 9.17. The van der Waals surface area contributed by atoms with E-state index in [1.54, 1.807) is 24.3 Å². The number of anilines is 2. The highest BCUT2D eigenvalue weighted by Crippen LogP contribution is 2.44. The molecule has 0 spiro atoms. The summed E-state index contributed by atoms with van der Waals surface area (Å²) in [5.74, 6) is -1.36. The van der Waals surface area contributed by atoms with Crippen molar-refractivity contribution in [2.45, 2.75) is 25.8 Å². The van der Waals surface area contributed by atoms with E-state index in [9.17, 15) is 19.8 Å². The highest BCUT2D eigenvalue weighted by atomic mass is 16.5. The number of hydrogen-bond donors (Lipinski definition) is 2. The molecule has 2 saturated heterocycles. The van der Waals surface area contributed by atoms with Crippen LogP contribution in [0.2, 0.25) is 0 Å². The van der Waals surface area contributed by atoms with E-state index in [1.165, 1.54) is 24.1 Å². The van der Waals surface area contributed by atoms with Crippen molar-refractivity contribution in [2.75, 3.05) is 30.0 Å². The van der Waals surface area contributed by atoms with E-state index in [4.69, 9.17) is 4.74 Å². The summed E-state index contributed by atoms with van der Waals surface area (Å²) in [6.45, 7) is 3.86. The first-order chi connectivity index (χ1) is 17.4. The van der Waals surface area contributed by atoms with E-state index in [1.807, 2.05) is 37.3 Å². The molecule has 184 valence electrons. The molecular weight excluding hydrogens is 456 g/mol. The van der Waals surface area contributed by atoms with Crippen LogP contribution in [0.4, 0.5) is 11.4 Å². The van der Waals surface area contributed by atoms with Crippen LogP contribution in [-0.2, 0) is 9.59 Å². The van der Waals surface area contributed by atoms with Gasteiger partial charge in [0.1, 0.15) is 17.3 Å². The summed E-state index contributed by atoms with van der Waals surface area (Å²) in [5, 5.41) is 21.3. The molecule has 0 radical (unpaired) electrons. The maximum atomic E-state index is 13.4. The Morgan fingerprint density at radius 3 is 2.19 bits per heavy atom. The first-order valence-electron chi connectivity index (χ1n) is 12.0. The van der Waals surface area contributed by atoms with Crippen LogP contribution in [0, 0.1) is 6.92 Å². The minimum absolute atomic E-state index is 0.0294.